The van der Waals surface area contributed by atoms with Crippen molar-refractivity contribution in [2.75, 3.05) is 39.5 Å². The maximum absolute atomic E-state index is 13.0. The van der Waals surface area contributed by atoms with Crippen molar-refractivity contribution in [3.05, 3.63) is 29.8 Å². The fourth-order valence-corrected chi connectivity index (χ4v) is 6.00. The number of hydrogen-bond donors (Lipinski definition) is 0. The SMILES string of the molecule is CN(C1CCCCC1)S(=O)(=O)N1CCN(C(=O)c2ccc([S@@](C)=O)cc2)CC1. The summed E-state index contributed by atoms with van der Waals surface area (Å²) in [5.41, 5.74) is 0.532. The van der Waals surface area contributed by atoms with Gasteiger partial charge in [0.2, 0.25) is 0 Å². The number of benzene rings is 1. The number of piperazine rings is 1. The van der Waals surface area contributed by atoms with E-state index in [1.54, 1.807) is 42.5 Å². The van der Waals surface area contributed by atoms with Crippen molar-refractivity contribution in [3.63, 3.8) is 0 Å². The summed E-state index contributed by atoms with van der Waals surface area (Å²) in [5, 5.41) is 0. The summed E-state index contributed by atoms with van der Waals surface area (Å²) in [6.45, 7) is 1.36. The number of hydrogen-bond acceptors (Lipinski definition) is 4. The Labute approximate surface area is 170 Å². The smallest absolute Gasteiger partial charge is 0.282 e. The van der Waals surface area contributed by atoms with E-state index in [2.05, 4.69) is 0 Å². The third kappa shape index (κ3) is 4.64. The van der Waals surface area contributed by atoms with Crippen LogP contribution in [0.15, 0.2) is 29.2 Å². The van der Waals surface area contributed by atoms with Crippen LogP contribution in [0, 0.1) is 0 Å². The van der Waals surface area contributed by atoms with Crippen LogP contribution in [-0.2, 0) is 21.0 Å². The zero-order valence-corrected chi connectivity index (χ0v) is 18.2. The van der Waals surface area contributed by atoms with E-state index in [1.165, 1.54) is 15.0 Å². The van der Waals surface area contributed by atoms with E-state index in [0.717, 1.165) is 25.7 Å². The van der Waals surface area contributed by atoms with Gasteiger partial charge in [-0.25, -0.2) is 0 Å². The molecular weight excluding hydrogens is 398 g/mol. The molecule has 1 saturated heterocycles. The maximum atomic E-state index is 13.0. The van der Waals surface area contributed by atoms with Crippen LogP contribution in [0.5, 0.6) is 0 Å². The minimum atomic E-state index is -3.50. The van der Waals surface area contributed by atoms with Crippen molar-refractivity contribution >= 4 is 26.9 Å². The Hall–Kier alpha value is -1.29. The van der Waals surface area contributed by atoms with Crippen LogP contribution in [0.1, 0.15) is 42.5 Å². The van der Waals surface area contributed by atoms with Gasteiger partial charge in [-0.3, -0.25) is 9.00 Å². The van der Waals surface area contributed by atoms with Gasteiger partial charge < -0.3 is 4.90 Å². The Morgan fingerprint density at radius 2 is 1.61 bits per heavy atom. The summed E-state index contributed by atoms with van der Waals surface area (Å²) < 4.78 is 40.4. The molecule has 1 aliphatic carbocycles. The molecule has 0 bridgehead atoms. The Balaban J connectivity index is 1.60. The average Bonchev–Trinajstić information content (AvgIpc) is 2.73. The fourth-order valence-electron chi connectivity index (χ4n) is 3.91. The minimum absolute atomic E-state index is 0.0843. The Kier molecular flexibility index (Phi) is 6.90. The molecule has 1 atom stereocenters. The van der Waals surface area contributed by atoms with Gasteiger partial charge in [-0.05, 0) is 37.1 Å². The molecule has 1 aromatic carbocycles. The largest absolute Gasteiger partial charge is 0.336 e. The summed E-state index contributed by atoms with van der Waals surface area (Å²) in [6.07, 6.45) is 6.79. The van der Waals surface area contributed by atoms with E-state index in [-0.39, 0.29) is 11.9 Å². The molecule has 0 aromatic heterocycles. The van der Waals surface area contributed by atoms with Crippen molar-refractivity contribution in [1.29, 1.82) is 0 Å². The summed E-state index contributed by atoms with van der Waals surface area (Å²) >= 11 is 0. The van der Waals surface area contributed by atoms with Crippen LogP contribution in [0.4, 0.5) is 0 Å². The maximum Gasteiger partial charge on any atom is 0.282 e. The summed E-state index contributed by atoms with van der Waals surface area (Å²) in [4.78, 5) is 15.1. The van der Waals surface area contributed by atoms with Gasteiger partial charge in [0.25, 0.3) is 16.1 Å². The highest BCUT2D eigenvalue weighted by molar-refractivity contribution is 7.86. The van der Waals surface area contributed by atoms with Crippen LogP contribution in [0.3, 0.4) is 0 Å². The van der Waals surface area contributed by atoms with Gasteiger partial charge in [-0.1, -0.05) is 19.3 Å². The van der Waals surface area contributed by atoms with E-state index in [9.17, 15) is 17.4 Å². The number of rotatable bonds is 5. The van der Waals surface area contributed by atoms with Gasteiger partial charge >= 0.3 is 0 Å². The van der Waals surface area contributed by atoms with Crippen molar-refractivity contribution in [1.82, 2.24) is 13.5 Å². The predicted molar refractivity (Wildman–Crippen MR) is 110 cm³/mol. The van der Waals surface area contributed by atoms with Gasteiger partial charge in [0.15, 0.2) is 0 Å². The molecule has 3 rings (SSSR count). The van der Waals surface area contributed by atoms with Gasteiger partial charge in [-0.2, -0.15) is 17.0 Å². The monoisotopic (exact) mass is 427 g/mol. The highest BCUT2D eigenvalue weighted by Crippen LogP contribution is 2.25. The third-order valence-corrected chi connectivity index (χ3v) is 8.72. The van der Waals surface area contributed by atoms with Crippen molar-refractivity contribution in [3.8, 4) is 0 Å². The first kappa shape index (κ1) is 21.4. The lowest BCUT2D eigenvalue weighted by atomic mass is 9.96. The van der Waals surface area contributed by atoms with E-state index < -0.39 is 21.0 Å². The number of amides is 1. The highest BCUT2D eigenvalue weighted by Gasteiger charge is 2.35. The topological polar surface area (TPSA) is 78.0 Å². The van der Waals surface area contributed by atoms with Crippen molar-refractivity contribution in [2.45, 2.75) is 43.0 Å². The van der Waals surface area contributed by atoms with Crippen LogP contribution in [0.25, 0.3) is 0 Å². The molecule has 156 valence electrons. The Morgan fingerprint density at radius 1 is 1.04 bits per heavy atom. The number of nitrogens with zero attached hydrogens (tertiary/aromatic N) is 3. The molecule has 0 unspecified atom stereocenters. The molecule has 0 N–H and O–H groups in total. The second-order valence-electron chi connectivity index (χ2n) is 7.49. The van der Waals surface area contributed by atoms with Crippen LogP contribution < -0.4 is 0 Å². The minimum Gasteiger partial charge on any atom is -0.336 e. The van der Waals surface area contributed by atoms with E-state index in [1.807, 2.05) is 0 Å². The quantitative estimate of drug-likeness (QED) is 0.716. The lowest BCUT2D eigenvalue weighted by molar-refractivity contribution is 0.0692. The second-order valence-corrected chi connectivity index (χ2v) is 10.9. The highest BCUT2D eigenvalue weighted by atomic mass is 32.2. The predicted octanol–water partition coefficient (Wildman–Crippen LogP) is 1.69. The molecule has 28 heavy (non-hydrogen) atoms. The molecule has 1 heterocycles. The summed E-state index contributed by atoms with van der Waals surface area (Å²) in [6, 6.07) is 6.84. The van der Waals surface area contributed by atoms with Crippen molar-refractivity contribution < 1.29 is 17.4 Å². The third-order valence-electron chi connectivity index (χ3n) is 5.74. The average molecular weight is 428 g/mol. The molecule has 0 radical (unpaired) electrons. The Morgan fingerprint density at radius 3 is 2.14 bits per heavy atom. The number of carbonyl (C=O) groups is 1. The summed E-state index contributed by atoms with van der Waals surface area (Å²) in [7, 11) is -2.89. The lowest BCUT2D eigenvalue weighted by Crippen LogP contribution is -2.55. The van der Waals surface area contributed by atoms with Gasteiger partial charge in [0.1, 0.15) is 0 Å². The van der Waals surface area contributed by atoms with E-state index in [4.69, 9.17) is 0 Å². The lowest BCUT2D eigenvalue weighted by Gasteiger charge is -2.38. The Bertz CT molecular complexity index is 812. The zero-order valence-electron chi connectivity index (χ0n) is 16.5. The molecule has 1 saturated carbocycles. The molecule has 1 aliphatic heterocycles. The second kappa shape index (κ2) is 9.02. The normalized spacial score (nSPS) is 21.0. The van der Waals surface area contributed by atoms with Crippen LogP contribution in [-0.4, -0.2) is 77.6 Å². The first-order chi connectivity index (χ1) is 13.3. The van der Waals surface area contributed by atoms with E-state index in [0.29, 0.717) is 36.6 Å². The first-order valence-electron chi connectivity index (χ1n) is 9.76. The first-order valence-corrected chi connectivity index (χ1v) is 12.7. The van der Waals surface area contributed by atoms with E-state index >= 15 is 0 Å². The fraction of sp³-hybridized carbons (Fsp3) is 0.632. The van der Waals surface area contributed by atoms with Crippen LogP contribution >= 0.6 is 0 Å². The standard InChI is InChI=1S/C19H29N3O4S2/c1-20(17-6-4-3-5-7-17)28(25,26)22-14-12-21(13-15-22)19(23)16-8-10-18(11-9-16)27(2)24/h8-11,17H,3-7,12-15H2,1-2H3/t27-/m1/s1. The molecule has 9 heteroatoms. The molecule has 0 spiro atoms. The number of carbonyl (C=O) groups excluding carboxylic acids is 1. The van der Waals surface area contributed by atoms with Crippen LogP contribution in [0.2, 0.25) is 0 Å². The molecule has 2 fully saturated rings. The van der Waals surface area contributed by atoms with Gasteiger partial charge in [-0.15, -0.1) is 0 Å². The van der Waals surface area contributed by atoms with Gasteiger partial charge in [0, 0.05) is 66.8 Å². The molecule has 1 amide bonds. The zero-order chi connectivity index (χ0) is 20.3. The molecule has 2 aliphatic rings. The van der Waals surface area contributed by atoms with Crippen molar-refractivity contribution in [2.24, 2.45) is 0 Å². The summed E-state index contributed by atoms with van der Waals surface area (Å²) in [5.74, 6) is -0.119. The van der Waals surface area contributed by atoms with Gasteiger partial charge in [0.05, 0.1) is 0 Å². The molecule has 7 nitrogen and oxygen atoms in total. The molecule has 1 aromatic rings. The molecular formula is C19H29N3O4S2.